The van der Waals surface area contributed by atoms with Crippen LogP contribution < -0.4 is 5.73 Å². The number of hydrogen-bond donors (Lipinski definition) is 1. The van der Waals surface area contributed by atoms with Crippen molar-refractivity contribution in [3.63, 3.8) is 0 Å². The van der Waals surface area contributed by atoms with Gasteiger partial charge in [0.15, 0.2) is 0 Å². The highest BCUT2D eigenvalue weighted by Crippen LogP contribution is 2.38. The Hall–Kier alpha value is -2.22. The molecule has 1 aliphatic rings. The number of nitrogen functional groups attached to an aromatic ring is 1. The first-order chi connectivity index (χ1) is 12.6. The molecule has 2 atom stereocenters. The van der Waals surface area contributed by atoms with Crippen molar-refractivity contribution in [2.24, 2.45) is 0 Å². The summed E-state index contributed by atoms with van der Waals surface area (Å²) >= 11 is 3.42. The lowest BCUT2D eigenvalue weighted by Gasteiger charge is -2.22. The van der Waals surface area contributed by atoms with Gasteiger partial charge in [-0.15, -0.1) is 0 Å². The number of anilines is 1. The number of ether oxygens (including phenoxy) is 1. The Morgan fingerprint density at radius 3 is 2.59 bits per heavy atom. The molecule has 4 nitrogen and oxygen atoms in total. The standard InChI is InChI=1S/C19H18BrF3N2O2/c1-10-5-12(7-14(6-10)19(21,22)23)17-11(2)25(18(26)27-17)9-13-8-15(24)3-4-16(13)20/h3-8,11,17H,9,24H2,1-2H3/t11-,17-/m0/s1. The maximum atomic E-state index is 13.1. The summed E-state index contributed by atoms with van der Waals surface area (Å²) in [6.45, 7) is 3.58. The molecule has 27 heavy (non-hydrogen) atoms. The first kappa shape index (κ1) is 19.5. The zero-order valence-corrected chi connectivity index (χ0v) is 16.3. The van der Waals surface area contributed by atoms with Gasteiger partial charge in [0.05, 0.1) is 18.2 Å². The van der Waals surface area contributed by atoms with Crippen LogP contribution in [0, 0.1) is 6.92 Å². The number of amides is 1. The van der Waals surface area contributed by atoms with Crippen molar-refractivity contribution in [2.45, 2.75) is 38.7 Å². The van der Waals surface area contributed by atoms with Crippen LogP contribution in [0.1, 0.15) is 35.3 Å². The number of cyclic esters (lactones) is 1. The molecule has 1 heterocycles. The Balaban J connectivity index is 1.89. The van der Waals surface area contributed by atoms with Gasteiger partial charge in [-0.05, 0) is 55.3 Å². The average Bonchev–Trinajstić information content (AvgIpc) is 2.85. The van der Waals surface area contributed by atoms with Crippen molar-refractivity contribution in [3.05, 3.63) is 63.1 Å². The van der Waals surface area contributed by atoms with E-state index in [1.807, 2.05) is 0 Å². The minimum Gasteiger partial charge on any atom is -0.439 e. The van der Waals surface area contributed by atoms with E-state index in [0.717, 1.165) is 22.2 Å². The lowest BCUT2D eigenvalue weighted by Crippen LogP contribution is -2.31. The molecule has 3 rings (SSSR count). The number of carbonyl (C=O) groups excluding carboxylic acids is 1. The molecule has 2 N–H and O–H groups in total. The Kier molecular flexibility index (Phi) is 5.12. The summed E-state index contributed by atoms with van der Waals surface area (Å²) in [5.41, 5.74) is 7.18. The first-order valence-corrected chi connectivity index (χ1v) is 9.05. The molecule has 0 saturated carbocycles. The van der Waals surface area contributed by atoms with Crippen LogP contribution in [-0.2, 0) is 17.5 Å². The van der Waals surface area contributed by atoms with Crippen LogP contribution in [0.5, 0.6) is 0 Å². The molecule has 1 fully saturated rings. The van der Waals surface area contributed by atoms with E-state index in [-0.39, 0.29) is 6.54 Å². The second-order valence-electron chi connectivity index (χ2n) is 6.65. The molecule has 0 spiro atoms. The average molecular weight is 443 g/mol. The summed E-state index contributed by atoms with van der Waals surface area (Å²) in [6, 6.07) is 8.55. The number of alkyl halides is 3. The van der Waals surface area contributed by atoms with E-state index in [4.69, 9.17) is 10.5 Å². The van der Waals surface area contributed by atoms with Gasteiger partial charge in [-0.1, -0.05) is 27.6 Å². The molecular formula is C19H18BrF3N2O2. The first-order valence-electron chi connectivity index (χ1n) is 8.26. The zero-order chi connectivity index (χ0) is 19.9. The third-order valence-corrected chi connectivity index (χ3v) is 5.33. The molecule has 1 saturated heterocycles. The van der Waals surface area contributed by atoms with E-state index in [9.17, 15) is 18.0 Å². The van der Waals surface area contributed by atoms with E-state index in [0.29, 0.717) is 16.8 Å². The lowest BCUT2D eigenvalue weighted by molar-refractivity contribution is -0.137. The fourth-order valence-electron chi connectivity index (χ4n) is 3.20. The van der Waals surface area contributed by atoms with Gasteiger partial charge in [0.2, 0.25) is 0 Å². The highest BCUT2D eigenvalue weighted by Gasteiger charge is 2.41. The summed E-state index contributed by atoms with van der Waals surface area (Å²) in [5, 5.41) is 0. The van der Waals surface area contributed by atoms with Gasteiger partial charge >= 0.3 is 12.3 Å². The largest absolute Gasteiger partial charge is 0.439 e. The lowest BCUT2D eigenvalue weighted by atomic mass is 9.98. The number of carbonyl (C=O) groups is 1. The molecule has 2 aromatic carbocycles. The molecule has 0 aromatic heterocycles. The molecule has 2 aromatic rings. The van der Waals surface area contributed by atoms with Gasteiger partial charge in [-0.2, -0.15) is 13.2 Å². The highest BCUT2D eigenvalue weighted by molar-refractivity contribution is 9.10. The van der Waals surface area contributed by atoms with Gasteiger partial charge in [-0.3, -0.25) is 4.90 Å². The van der Waals surface area contributed by atoms with Crippen molar-refractivity contribution < 1.29 is 22.7 Å². The van der Waals surface area contributed by atoms with Crippen LogP contribution in [0.2, 0.25) is 0 Å². The Morgan fingerprint density at radius 2 is 1.93 bits per heavy atom. The molecule has 0 bridgehead atoms. The predicted octanol–water partition coefficient (Wildman–Crippen LogP) is 5.44. The summed E-state index contributed by atoms with van der Waals surface area (Å²) in [7, 11) is 0. The monoisotopic (exact) mass is 442 g/mol. The maximum Gasteiger partial charge on any atom is 0.416 e. The quantitative estimate of drug-likeness (QED) is 0.643. The third kappa shape index (κ3) is 4.05. The second-order valence-corrected chi connectivity index (χ2v) is 7.51. The van der Waals surface area contributed by atoms with Crippen LogP contribution in [0.4, 0.5) is 23.7 Å². The fourth-order valence-corrected chi connectivity index (χ4v) is 3.57. The van der Waals surface area contributed by atoms with Crippen LogP contribution in [0.25, 0.3) is 0 Å². The number of nitrogens with zero attached hydrogens (tertiary/aromatic N) is 1. The van der Waals surface area contributed by atoms with Gasteiger partial charge < -0.3 is 10.5 Å². The topological polar surface area (TPSA) is 55.6 Å². The fraction of sp³-hybridized carbons (Fsp3) is 0.316. The number of nitrogens with two attached hydrogens (primary N) is 1. The van der Waals surface area contributed by atoms with E-state index in [1.165, 1.54) is 4.90 Å². The van der Waals surface area contributed by atoms with Gasteiger partial charge in [-0.25, -0.2) is 4.79 Å². The number of aryl methyl sites for hydroxylation is 1. The van der Waals surface area contributed by atoms with E-state index in [2.05, 4.69) is 15.9 Å². The van der Waals surface area contributed by atoms with E-state index < -0.39 is 30.0 Å². The smallest absolute Gasteiger partial charge is 0.416 e. The molecule has 0 radical (unpaired) electrons. The number of hydrogen-bond acceptors (Lipinski definition) is 3. The highest BCUT2D eigenvalue weighted by atomic mass is 79.9. The number of halogens is 4. The summed E-state index contributed by atoms with van der Waals surface area (Å²) in [6.07, 6.45) is -5.81. The summed E-state index contributed by atoms with van der Waals surface area (Å²) < 4.78 is 45.6. The summed E-state index contributed by atoms with van der Waals surface area (Å²) in [4.78, 5) is 13.9. The molecule has 0 unspecified atom stereocenters. The molecular weight excluding hydrogens is 425 g/mol. The van der Waals surface area contributed by atoms with E-state index >= 15 is 0 Å². The van der Waals surface area contributed by atoms with E-state index in [1.54, 1.807) is 38.1 Å². The Bertz CT molecular complexity index is 886. The normalized spacial score (nSPS) is 20.1. The SMILES string of the molecule is Cc1cc([C@H]2OC(=O)N(Cc3cc(N)ccc3Br)[C@H]2C)cc(C(F)(F)F)c1. The molecule has 144 valence electrons. The second kappa shape index (κ2) is 7.07. The number of benzene rings is 2. The Morgan fingerprint density at radius 1 is 1.22 bits per heavy atom. The van der Waals surface area contributed by atoms with Crippen LogP contribution >= 0.6 is 15.9 Å². The minimum absolute atomic E-state index is 0.236. The van der Waals surface area contributed by atoms with Crippen molar-refractivity contribution >= 4 is 27.7 Å². The van der Waals surface area contributed by atoms with Crippen LogP contribution in [0.3, 0.4) is 0 Å². The number of rotatable bonds is 3. The van der Waals surface area contributed by atoms with Crippen molar-refractivity contribution in [3.8, 4) is 0 Å². The predicted molar refractivity (Wildman–Crippen MR) is 99.0 cm³/mol. The van der Waals surface area contributed by atoms with Crippen molar-refractivity contribution in [2.75, 3.05) is 5.73 Å². The van der Waals surface area contributed by atoms with Gasteiger partial charge in [0, 0.05) is 10.2 Å². The molecule has 0 aliphatic carbocycles. The molecule has 1 amide bonds. The van der Waals surface area contributed by atoms with Crippen LogP contribution in [0.15, 0.2) is 40.9 Å². The zero-order valence-electron chi connectivity index (χ0n) is 14.7. The minimum atomic E-state index is -4.46. The van der Waals surface area contributed by atoms with Crippen molar-refractivity contribution in [1.29, 1.82) is 0 Å². The Labute approximate surface area is 163 Å². The summed E-state index contributed by atoms with van der Waals surface area (Å²) in [5.74, 6) is 0. The third-order valence-electron chi connectivity index (χ3n) is 4.56. The molecule has 8 heteroatoms. The van der Waals surface area contributed by atoms with Gasteiger partial charge in [0.25, 0.3) is 0 Å². The van der Waals surface area contributed by atoms with Crippen molar-refractivity contribution in [1.82, 2.24) is 4.90 Å². The van der Waals surface area contributed by atoms with Crippen LogP contribution in [-0.4, -0.2) is 17.0 Å². The maximum absolute atomic E-state index is 13.1. The molecule has 1 aliphatic heterocycles. The van der Waals surface area contributed by atoms with Gasteiger partial charge in [0.1, 0.15) is 6.10 Å².